The predicted molar refractivity (Wildman–Crippen MR) is 135 cm³/mol. The fourth-order valence-corrected chi connectivity index (χ4v) is 4.21. The number of aromatic nitrogens is 3. The first-order chi connectivity index (χ1) is 16.7. The van der Waals surface area contributed by atoms with Crippen LogP contribution in [0.25, 0.3) is 0 Å². The quantitative estimate of drug-likeness (QED) is 0.175. The lowest BCUT2D eigenvalue weighted by Gasteiger charge is -2.15. The number of carbonyl (C=O) groups excluding carboxylic acids is 2. The topological polar surface area (TPSA) is 132 Å². The second-order valence-electron chi connectivity index (χ2n) is 7.51. The largest absolute Gasteiger partial charge is 0.342 e. The van der Waals surface area contributed by atoms with Crippen molar-refractivity contribution >= 4 is 46.6 Å². The van der Waals surface area contributed by atoms with Gasteiger partial charge in [-0.15, -0.1) is 16.8 Å². The van der Waals surface area contributed by atoms with Gasteiger partial charge in [0.25, 0.3) is 11.6 Å². The summed E-state index contributed by atoms with van der Waals surface area (Å²) in [6, 6.07) is 10.5. The highest BCUT2D eigenvalue weighted by Gasteiger charge is 2.21. The molecule has 0 aliphatic heterocycles. The summed E-state index contributed by atoms with van der Waals surface area (Å²) >= 11 is 7.29. The molecule has 182 valence electrons. The number of anilines is 1. The number of rotatable bonds is 10. The van der Waals surface area contributed by atoms with Crippen LogP contribution < -0.4 is 10.6 Å². The van der Waals surface area contributed by atoms with Gasteiger partial charge < -0.3 is 15.2 Å². The van der Waals surface area contributed by atoms with Gasteiger partial charge in [0.2, 0.25) is 5.91 Å². The Hall–Kier alpha value is -3.70. The smallest absolute Gasteiger partial charge is 0.269 e. The van der Waals surface area contributed by atoms with E-state index in [2.05, 4.69) is 27.4 Å². The fourth-order valence-electron chi connectivity index (χ4n) is 3.23. The van der Waals surface area contributed by atoms with E-state index in [4.69, 9.17) is 11.6 Å². The zero-order valence-electron chi connectivity index (χ0n) is 19.0. The molecule has 0 bridgehead atoms. The van der Waals surface area contributed by atoms with Crippen LogP contribution in [0.1, 0.15) is 34.7 Å². The number of thioether (sulfide) groups is 1. The summed E-state index contributed by atoms with van der Waals surface area (Å²) in [4.78, 5) is 35.5. The number of aryl methyl sites for hydroxylation is 1. The molecule has 3 rings (SSSR count). The van der Waals surface area contributed by atoms with Crippen molar-refractivity contribution in [2.75, 3.05) is 11.1 Å². The minimum absolute atomic E-state index is 0.0338. The SMILES string of the molecule is C=CCn1c(SCC(=O)Nc2ccc([N+](=O)[O-])cc2C)nnc1[C@@H](C)NC(=O)c1ccccc1Cl. The van der Waals surface area contributed by atoms with Crippen molar-refractivity contribution in [3.63, 3.8) is 0 Å². The van der Waals surface area contributed by atoms with Crippen LogP contribution >= 0.6 is 23.4 Å². The molecule has 0 spiro atoms. The second kappa shape index (κ2) is 11.6. The summed E-state index contributed by atoms with van der Waals surface area (Å²) in [6.45, 7) is 7.59. The first kappa shape index (κ1) is 25.9. The normalized spacial score (nSPS) is 11.5. The van der Waals surface area contributed by atoms with Gasteiger partial charge in [-0.05, 0) is 37.6 Å². The van der Waals surface area contributed by atoms with Gasteiger partial charge in [0.15, 0.2) is 11.0 Å². The zero-order chi connectivity index (χ0) is 25.5. The standard InChI is InChI=1S/C23H23ClN6O4S/c1-4-11-29-21(15(3)25-22(32)17-7-5-6-8-18(17)24)27-28-23(29)35-13-20(31)26-19-10-9-16(30(33)34)12-14(19)2/h4-10,12,15H,1,11,13H2,2-3H3,(H,25,32)(H,26,31)/t15-/m1/s1. The van der Waals surface area contributed by atoms with Gasteiger partial charge in [0.1, 0.15) is 0 Å². The third-order valence-electron chi connectivity index (χ3n) is 4.94. The van der Waals surface area contributed by atoms with Gasteiger partial charge in [-0.25, -0.2) is 0 Å². The lowest BCUT2D eigenvalue weighted by Crippen LogP contribution is -2.29. The third-order valence-corrected chi connectivity index (χ3v) is 6.23. The highest BCUT2D eigenvalue weighted by molar-refractivity contribution is 7.99. The molecule has 3 aromatic rings. The van der Waals surface area contributed by atoms with E-state index in [1.807, 2.05) is 0 Å². The Bertz CT molecular complexity index is 1280. The van der Waals surface area contributed by atoms with Crippen molar-refractivity contribution in [3.8, 4) is 0 Å². The lowest BCUT2D eigenvalue weighted by atomic mass is 10.2. The minimum Gasteiger partial charge on any atom is -0.342 e. The summed E-state index contributed by atoms with van der Waals surface area (Å²) in [7, 11) is 0. The van der Waals surface area contributed by atoms with Gasteiger partial charge >= 0.3 is 0 Å². The van der Waals surface area contributed by atoms with E-state index in [1.165, 1.54) is 30.0 Å². The second-order valence-corrected chi connectivity index (χ2v) is 8.86. The van der Waals surface area contributed by atoms with Crippen LogP contribution in [0.3, 0.4) is 0 Å². The molecule has 0 saturated carbocycles. The van der Waals surface area contributed by atoms with Crippen molar-refractivity contribution < 1.29 is 14.5 Å². The zero-order valence-corrected chi connectivity index (χ0v) is 20.6. The Morgan fingerprint density at radius 3 is 2.69 bits per heavy atom. The summed E-state index contributed by atoms with van der Waals surface area (Å²) in [5.41, 5.74) is 1.38. The monoisotopic (exact) mass is 514 g/mol. The summed E-state index contributed by atoms with van der Waals surface area (Å²) in [5, 5.41) is 25.7. The number of nitrogens with zero attached hydrogens (tertiary/aromatic N) is 4. The molecule has 0 fully saturated rings. The Morgan fingerprint density at radius 1 is 1.29 bits per heavy atom. The van der Waals surface area contributed by atoms with Crippen LogP contribution in [-0.4, -0.2) is 37.3 Å². The number of benzene rings is 2. The number of amides is 2. The Kier molecular flexibility index (Phi) is 8.61. The maximum absolute atomic E-state index is 12.6. The molecule has 12 heteroatoms. The van der Waals surface area contributed by atoms with Crippen LogP contribution in [0.2, 0.25) is 5.02 Å². The number of non-ortho nitro benzene ring substituents is 1. The van der Waals surface area contributed by atoms with Crippen molar-refractivity contribution in [1.29, 1.82) is 0 Å². The molecule has 2 amide bonds. The van der Waals surface area contributed by atoms with Crippen LogP contribution in [-0.2, 0) is 11.3 Å². The maximum Gasteiger partial charge on any atom is 0.269 e. The highest BCUT2D eigenvalue weighted by Crippen LogP contribution is 2.24. The van der Waals surface area contributed by atoms with Crippen molar-refractivity contribution in [3.05, 3.63) is 87.2 Å². The first-order valence-corrected chi connectivity index (χ1v) is 11.8. The molecule has 0 saturated heterocycles. The van der Waals surface area contributed by atoms with E-state index in [0.29, 0.717) is 39.4 Å². The molecule has 2 aromatic carbocycles. The van der Waals surface area contributed by atoms with E-state index in [9.17, 15) is 19.7 Å². The number of halogens is 1. The molecular weight excluding hydrogens is 492 g/mol. The number of hydrogen-bond acceptors (Lipinski definition) is 7. The summed E-state index contributed by atoms with van der Waals surface area (Å²) in [5.74, 6) is -0.115. The highest BCUT2D eigenvalue weighted by atomic mass is 35.5. The van der Waals surface area contributed by atoms with Gasteiger partial charge in [0, 0.05) is 24.4 Å². The predicted octanol–water partition coefficient (Wildman–Crippen LogP) is 4.56. The molecule has 0 aliphatic rings. The minimum atomic E-state index is -0.490. The Balaban J connectivity index is 1.67. The van der Waals surface area contributed by atoms with Crippen molar-refractivity contribution in [2.45, 2.75) is 31.6 Å². The molecule has 1 heterocycles. The van der Waals surface area contributed by atoms with Gasteiger partial charge in [0.05, 0.1) is 27.3 Å². The number of nitro groups is 1. The third kappa shape index (κ3) is 6.46. The summed E-state index contributed by atoms with van der Waals surface area (Å²) < 4.78 is 1.76. The lowest BCUT2D eigenvalue weighted by molar-refractivity contribution is -0.384. The van der Waals surface area contributed by atoms with Crippen molar-refractivity contribution in [1.82, 2.24) is 20.1 Å². The van der Waals surface area contributed by atoms with Gasteiger partial charge in [-0.3, -0.25) is 19.7 Å². The average molecular weight is 515 g/mol. The Labute approximate surface area is 210 Å². The van der Waals surface area contributed by atoms with E-state index in [0.717, 1.165) is 0 Å². The first-order valence-electron chi connectivity index (χ1n) is 10.5. The molecule has 0 aliphatic carbocycles. The molecule has 35 heavy (non-hydrogen) atoms. The Morgan fingerprint density at radius 2 is 2.03 bits per heavy atom. The van der Waals surface area contributed by atoms with E-state index in [-0.39, 0.29) is 23.3 Å². The van der Waals surface area contributed by atoms with Crippen LogP contribution in [0, 0.1) is 17.0 Å². The van der Waals surface area contributed by atoms with Gasteiger partial charge in [-0.2, -0.15) is 0 Å². The van der Waals surface area contributed by atoms with Crippen LogP contribution in [0.4, 0.5) is 11.4 Å². The maximum atomic E-state index is 12.6. The molecule has 2 N–H and O–H groups in total. The van der Waals surface area contributed by atoms with Crippen LogP contribution in [0.15, 0.2) is 60.3 Å². The fraction of sp³-hybridized carbons (Fsp3) is 0.217. The molecule has 0 radical (unpaired) electrons. The average Bonchev–Trinajstić information content (AvgIpc) is 3.22. The summed E-state index contributed by atoms with van der Waals surface area (Å²) in [6.07, 6.45) is 1.67. The van der Waals surface area contributed by atoms with Gasteiger partial charge in [-0.1, -0.05) is 41.6 Å². The van der Waals surface area contributed by atoms with E-state index in [1.54, 1.807) is 48.8 Å². The molecule has 1 atom stereocenters. The van der Waals surface area contributed by atoms with E-state index >= 15 is 0 Å². The number of carbonyl (C=O) groups is 2. The molecule has 1 aromatic heterocycles. The molecular formula is C23H23ClN6O4S. The number of hydrogen-bond donors (Lipinski definition) is 2. The van der Waals surface area contributed by atoms with Crippen LogP contribution in [0.5, 0.6) is 0 Å². The van der Waals surface area contributed by atoms with E-state index < -0.39 is 11.0 Å². The number of allylic oxidation sites excluding steroid dienone is 1. The molecule has 10 nitrogen and oxygen atoms in total. The number of nitro benzene ring substituents is 1. The van der Waals surface area contributed by atoms with Crippen molar-refractivity contribution in [2.24, 2.45) is 0 Å². The number of nitrogens with one attached hydrogen (secondary N) is 2. The molecule has 0 unspecified atom stereocenters.